The second-order valence-electron chi connectivity index (χ2n) is 4.20. The lowest BCUT2D eigenvalue weighted by Crippen LogP contribution is -1.94. The predicted molar refractivity (Wildman–Crippen MR) is 75.2 cm³/mol. The average molecular weight is 264 g/mol. The van der Waals surface area contributed by atoms with Crippen LogP contribution in [-0.2, 0) is 0 Å². The van der Waals surface area contributed by atoms with Crippen LogP contribution in [0, 0.1) is 6.07 Å². The van der Waals surface area contributed by atoms with E-state index in [0.717, 1.165) is 5.56 Å². The molecule has 1 heterocycles. The van der Waals surface area contributed by atoms with Gasteiger partial charge < -0.3 is 9.52 Å². The molecule has 0 saturated heterocycles. The third-order valence-corrected chi connectivity index (χ3v) is 2.81. The topological polar surface area (TPSA) is 63.3 Å². The van der Waals surface area contributed by atoms with Gasteiger partial charge in [0.05, 0.1) is 5.56 Å². The van der Waals surface area contributed by atoms with Crippen molar-refractivity contribution in [3.8, 4) is 0 Å². The number of aromatic carboxylic acids is 1. The summed E-state index contributed by atoms with van der Waals surface area (Å²) in [5, 5.41) is 8.82. The van der Waals surface area contributed by atoms with Crippen LogP contribution in [0.25, 0.3) is 23.3 Å². The van der Waals surface area contributed by atoms with Crippen LogP contribution in [0.5, 0.6) is 0 Å². The highest BCUT2D eigenvalue weighted by Gasteiger charge is 2.02. The molecule has 0 fully saturated rings. The Kier molecular flexibility index (Phi) is 3.05. The van der Waals surface area contributed by atoms with E-state index in [4.69, 9.17) is 9.52 Å². The first-order valence-corrected chi connectivity index (χ1v) is 6.01. The molecule has 0 atom stereocenters. The Balaban J connectivity index is 1.84. The molecule has 20 heavy (non-hydrogen) atoms. The first-order chi connectivity index (χ1) is 9.72. The largest absolute Gasteiger partial charge is 0.478 e. The van der Waals surface area contributed by atoms with Gasteiger partial charge in [0.2, 0.25) is 5.89 Å². The zero-order valence-electron chi connectivity index (χ0n) is 10.4. The number of nitrogens with zero attached hydrogens (tertiary/aromatic N) is 1. The second kappa shape index (κ2) is 5.01. The van der Waals surface area contributed by atoms with Gasteiger partial charge in [-0.05, 0) is 29.8 Å². The van der Waals surface area contributed by atoms with Gasteiger partial charge in [0.25, 0.3) is 0 Å². The van der Waals surface area contributed by atoms with Crippen molar-refractivity contribution in [1.29, 1.82) is 0 Å². The number of fused-ring (bicyclic) bond motifs is 1. The summed E-state index contributed by atoms with van der Waals surface area (Å²) in [6.07, 6.45) is 3.56. The van der Waals surface area contributed by atoms with Crippen LogP contribution in [-0.4, -0.2) is 16.1 Å². The van der Waals surface area contributed by atoms with Crippen LogP contribution in [0.4, 0.5) is 0 Å². The van der Waals surface area contributed by atoms with Crippen LogP contribution in [0.1, 0.15) is 21.8 Å². The molecule has 4 nitrogen and oxygen atoms in total. The third kappa shape index (κ3) is 2.44. The Labute approximate surface area is 115 Å². The lowest BCUT2D eigenvalue weighted by atomic mass is 10.1. The third-order valence-electron chi connectivity index (χ3n) is 2.81. The van der Waals surface area contributed by atoms with E-state index in [1.807, 2.05) is 18.2 Å². The summed E-state index contributed by atoms with van der Waals surface area (Å²) >= 11 is 0. The number of carboxylic acids is 1. The second-order valence-corrected chi connectivity index (χ2v) is 4.20. The van der Waals surface area contributed by atoms with Crippen molar-refractivity contribution >= 4 is 29.2 Å². The number of rotatable bonds is 3. The van der Waals surface area contributed by atoms with E-state index in [-0.39, 0.29) is 5.56 Å². The molecular formula is C16H10NO3. The van der Waals surface area contributed by atoms with Crippen LogP contribution in [0.2, 0.25) is 0 Å². The highest BCUT2D eigenvalue weighted by molar-refractivity contribution is 5.88. The molecule has 3 aromatic rings. The summed E-state index contributed by atoms with van der Waals surface area (Å²) in [6, 6.07) is 15.0. The summed E-state index contributed by atoms with van der Waals surface area (Å²) < 4.78 is 5.53. The van der Waals surface area contributed by atoms with Crippen molar-refractivity contribution in [1.82, 2.24) is 4.98 Å². The van der Waals surface area contributed by atoms with Crippen LogP contribution in [0.3, 0.4) is 0 Å². The Morgan fingerprint density at radius 1 is 1.20 bits per heavy atom. The predicted octanol–water partition coefficient (Wildman–Crippen LogP) is 3.50. The number of para-hydroxylation sites is 1. The van der Waals surface area contributed by atoms with Gasteiger partial charge in [-0.2, -0.15) is 0 Å². The van der Waals surface area contributed by atoms with Crippen molar-refractivity contribution in [2.45, 2.75) is 0 Å². The number of carbonyl (C=O) groups is 1. The number of oxazole rings is 1. The molecule has 97 valence electrons. The maximum absolute atomic E-state index is 10.7. The van der Waals surface area contributed by atoms with Gasteiger partial charge >= 0.3 is 5.97 Å². The Morgan fingerprint density at radius 3 is 2.70 bits per heavy atom. The highest BCUT2D eigenvalue weighted by Crippen LogP contribution is 2.16. The minimum absolute atomic E-state index is 0.263. The van der Waals surface area contributed by atoms with E-state index in [0.29, 0.717) is 17.0 Å². The van der Waals surface area contributed by atoms with E-state index >= 15 is 0 Å². The fourth-order valence-corrected chi connectivity index (χ4v) is 1.80. The van der Waals surface area contributed by atoms with Crippen molar-refractivity contribution in [3.63, 3.8) is 0 Å². The first-order valence-electron chi connectivity index (χ1n) is 6.01. The van der Waals surface area contributed by atoms with E-state index in [9.17, 15) is 4.79 Å². The van der Waals surface area contributed by atoms with Crippen LogP contribution < -0.4 is 0 Å². The molecule has 0 unspecified atom stereocenters. The molecule has 0 aliphatic carbocycles. The van der Waals surface area contributed by atoms with Crippen LogP contribution >= 0.6 is 0 Å². The minimum atomic E-state index is -0.935. The zero-order chi connectivity index (χ0) is 13.9. The van der Waals surface area contributed by atoms with E-state index < -0.39 is 5.97 Å². The normalized spacial score (nSPS) is 11.2. The summed E-state index contributed by atoms with van der Waals surface area (Å²) in [7, 11) is 0. The van der Waals surface area contributed by atoms with Gasteiger partial charge in [0.15, 0.2) is 5.58 Å². The zero-order valence-corrected chi connectivity index (χ0v) is 10.4. The fraction of sp³-hybridized carbons (Fsp3) is 0. The molecule has 1 N–H and O–H groups in total. The summed E-state index contributed by atoms with van der Waals surface area (Å²) in [5.41, 5.74) is 2.52. The maximum Gasteiger partial charge on any atom is 0.335 e. The van der Waals surface area contributed by atoms with Gasteiger partial charge in [-0.15, -0.1) is 0 Å². The molecule has 4 heteroatoms. The van der Waals surface area contributed by atoms with Crippen molar-refractivity contribution in [3.05, 3.63) is 65.5 Å². The molecule has 0 saturated carbocycles. The smallest absolute Gasteiger partial charge is 0.335 e. The molecule has 0 aliphatic heterocycles. The average Bonchev–Trinajstić information content (AvgIpc) is 2.88. The van der Waals surface area contributed by atoms with E-state index in [2.05, 4.69) is 11.1 Å². The quantitative estimate of drug-likeness (QED) is 0.786. The molecule has 1 aromatic heterocycles. The molecule has 3 rings (SSSR count). The SMILES string of the molecule is O=C(O)c1ccc(C=Cc2nc3[c]cccc3o2)cc1. The van der Waals surface area contributed by atoms with E-state index in [1.165, 1.54) is 0 Å². The summed E-state index contributed by atoms with van der Waals surface area (Å²) in [4.78, 5) is 15.0. The van der Waals surface area contributed by atoms with Crippen molar-refractivity contribution in [2.24, 2.45) is 0 Å². The standard InChI is InChI=1S/C16H10NO3/c18-16(19)12-8-5-11(6-9-12)7-10-15-17-13-3-1-2-4-14(13)20-15/h1-2,4-10H,(H,18,19). The van der Waals surface area contributed by atoms with Crippen LogP contribution in [0.15, 0.2) is 46.9 Å². The van der Waals surface area contributed by atoms with Gasteiger partial charge in [-0.3, -0.25) is 0 Å². The van der Waals surface area contributed by atoms with Gasteiger partial charge in [0.1, 0.15) is 5.52 Å². The summed E-state index contributed by atoms with van der Waals surface area (Å²) in [5.74, 6) is -0.445. The molecule has 2 aromatic carbocycles. The molecule has 0 aliphatic rings. The lowest BCUT2D eigenvalue weighted by Gasteiger charge is -1.95. The fourth-order valence-electron chi connectivity index (χ4n) is 1.80. The van der Waals surface area contributed by atoms with Crippen molar-refractivity contribution < 1.29 is 14.3 Å². The van der Waals surface area contributed by atoms with Crippen molar-refractivity contribution in [2.75, 3.05) is 0 Å². The molecular weight excluding hydrogens is 254 g/mol. The van der Waals surface area contributed by atoms with Gasteiger partial charge in [-0.25, -0.2) is 9.78 Å². The monoisotopic (exact) mass is 264 g/mol. The minimum Gasteiger partial charge on any atom is -0.478 e. The lowest BCUT2D eigenvalue weighted by molar-refractivity contribution is 0.0697. The van der Waals surface area contributed by atoms with E-state index in [1.54, 1.807) is 36.4 Å². The van der Waals surface area contributed by atoms with Gasteiger partial charge in [0, 0.05) is 12.1 Å². The summed E-state index contributed by atoms with van der Waals surface area (Å²) in [6.45, 7) is 0. The molecule has 0 spiro atoms. The first kappa shape index (κ1) is 12.2. The Bertz CT molecular complexity index is 752. The number of hydrogen-bond acceptors (Lipinski definition) is 3. The molecule has 1 radical (unpaired) electrons. The number of carboxylic acid groups (broad SMARTS) is 1. The molecule has 0 bridgehead atoms. The Hall–Kier alpha value is -2.88. The number of hydrogen-bond donors (Lipinski definition) is 1. The molecule has 0 amide bonds. The number of benzene rings is 2. The highest BCUT2D eigenvalue weighted by atomic mass is 16.4. The maximum atomic E-state index is 10.7. The van der Waals surface area contributed by atoms with Gasteiger partial charge in [-0.1, -0.05) is 24.3 Å². The number of aromatic nitrogens is 1. The Morgan fingerprint density at radius 2 is 2.00 bits per heavy atom.